The second-order valence-corrected chi connectivity index (χ2v) is 7.88. The Kier molecular flexibility index (Phi) is 8.06. The van der Waals surface area contributed by atoms with Gasteiger partial charge in [0.15, 0.2) is 0 Å². The van der Waals surface area contributed by atoms with Gasteiger partial charge in [0.2, 0.25) is 5.91 Å². The van der Waals surface area contributed by atoms with E-state index in [-0.39, 0.29) is 18.4 Å². The van der Waals surface area contributed by atoms with E-state index in [0.717, 1.165) is 42.8 Å². The molecule has 0 saturated heterocycles. The molecule has 1 heterocycles. The van der Waals surface area contributed by atoms with Gasteiger partial charge >= 0.3 is 0 Å². The fraction of sp³-hybridized carbons (Fsp3) is 0.375. The van der Waals surface area contributed by atoms with Gasteiger partial charge in [0, 0.05) is 26.1 Å². The van der Waals surface area contributed by atoms with Crippen molar-refractivity contribution in [2.24, 2.45) is 0 Å². The normalized spacial score (nSPS) is 10.9. The zero-order valence-corrected chi connectivity index (χ0v) is 18.9. The maximum Gasteiger partial charge on any atom is 0.252 e. The van der Waals surface area contributed by atoms with Gasteiger partial charge in [-0.15, -0.1) is 0 Å². The molecule has 0 unspecified atom stereocenters. The van der Waals surface area contributed by atoms with Gasteiger partial charge in [-0.2, -0.15) is 0 Å². The zero-order valence-electron chi connectivity index (χ0n) is 18.1. The minimum absolute atomic E-state index is 0.0909. The first-order valence-electron chi connectivity index (χ1n) is 10.8. The fourth-order valence-corrected chi connectivity index (χ4v) is 3.88. The lowest BCUT2D eigenvalue weighted by molar-refractivity contribution is -0.131. The van der Waals surface area contributed by atoms with Crippen molar-refractivity contribution in [2.45, 2.75) is 39.7 Å². The quantitative estimate of drug-likeness (QED) is 0.510. The lowest BCUT2D eigenvalue weighted by atomic mass is 10.2. The monoisotopic (exact) mass is 440 g/mol. The lowest BCUT2D eigenvalue weighted by Crippen LogP contribution is -2.35. The molecular formula is C24H29ClN4O2. The Morgan fingerprint density at radius 3 is 2.42 bits per heavy atom. The average Bonchev–Trinajstić information content (AvgIpc) is 3.11. The van der Waals surface area contributed by atoms with Gasteiger partial charge < -0.3 is 14.8 Å². The first-order valence-corrected chi connectivity index (χ1v) is 11.2. The number of nitrogens with zero attached hydrogens (tertiary/aromatic N) is 3. The summed E-state index contributed by atoms with van der Waals surface area (Å²) in [5.74, 6) is 0.650. The molecule has 0 atom stereocenters. The van der Waals surface area contributed by atoms with E-state index < -0.39 is 0 Å². The Morgan fingerprint density at radius 1 is 1.03 bits per heavy atom. The summed E-state index contributed by atoms with van der Waals surface area (Å²) in [5.41, 5.74) is 2.22. The number of para-hydroxylation sites is 2. The van der Waals surface area contributed by atoms with Gasteiger partial charge in [-0.1, -0.05) is 49.7 Å². The number of rotatable bonds is 10. The van der Waals surface area contributed by atoms with Gasteiger partial charge in [0.05, 0.1) is 21.6 Å². The molecule has 0 saturated carbocycles. The molecule has 0 aliphatic rings. The van der Waals surface area contributed by atoms with Crippen LogP contribution in [0.15, 0.2) is 48.5 Å². The second kappa shape index (κ2) is 11.0. The van der Waals surface area contributed by atoms with Crippen molar-refractivity contribution in [3.63, 3.8) is 0 Å². The molecule has 164 valence electrons. The largest absolute Gasteiger partial charge is 0.352 e. The molecule has 2 aromatic carbocycles. The van der Waals surface area contributed by atoms with Crippen molar-refractivity contribution in [3.05, 3.63) is 64.9 Å². The lowest BCUT2D eigenvalue weighted by Gasteiger charge is -2.22. The molecule has 7 heteroatoms. The average molecular weight is 441 g/mol. The molecule has 1 aromatic heterocycles. The maximum absolute atomic E-state index is 13.0. The summed E-state index contributed by atoms with van der Waals surface area (Å²) in [5, 5.41) is 3.33. The van der Waals surface area contributed by atoms with E-state index in [0.29, 0.717) is 23.6 Å². The molecule has 0 fully saturated rings. The number of amides is 2. The zero-order chi connectivity index (χ0) is 22.2. The van der Waals surface area contributed by atoms with E-state index in [4.69, 9.17) is 16.6 Å². The molecule has 0 aliphatic heterocycles. The van der Waals surface area contributed by atoms with E-state index in [1.165, 1.54) is 0 Å². The topological polar surface area (TPSA) is 67.2 Å². The van der Waals surface area contributed by atoms with Gasteiger partial charge in [-0.05, 0) is 37.1 Å². The number of fused-ring (bicyclic) bond motifs is 1. The van der Waals surface area contributed by atoms with Crippen LogP contribution in [0.4, 0.5) is 0 Å². The van der Waals surface area contributed by atoms with E-state index in [2.05, 4.69) is 19.2 Å². The third-order valence-corrected chi connectivity index (χ3v) is 5.45. The van der Waals surface area contributed by atoms with E-state index >= 15 is 0 Å². The van der Waals surface area contributed by atoms with Crippen LogP contribution >= 0.6 is 11.6 Å². The Labute approximate surface area is 188 Å². The highest BCUT2D eigenvalue weighted by Gasteiger charge is 2.18. The number of carbonyl (C=O) groups excluding carboxylic acids is 2. The predicted octanol–water partition coefficient (Wildman–Crippen LogP) is 4.31. The van der Waals surface area contributed by atoms with E-state index in [9.17, 15) is 9.59 Å². The summed E-state index contributed by atoms with van der Waals surface area (Å²) in [4.78, 5) is 32.1. The molecule has 2 amide bonds. The standard InChI is InChI=1S/C24H29ClN4O2/c1-3-15-28(16-4-2)23(30)17-29-21-12-8-7-11-20(21)27-22(29)13-14-26-24(31)18-9-5-6-10-19(18)25/h5-12H,3-4,13-17H2,1-2H3,(H,26,31). The fourth-order valence-electron chi connectivity index (χ4n) is 3.66. The molecule has 31 heavy (non-hydrogen) atoms. The summed E-state index contributed by atoms with van der Waals surface area (Å²) in [6.45, 7) is 6.31. The van der Waals surface area contributed by atoms with Crippen LogP contribution in [0.2, 0.25) is 5.02 Å². The number of nitrogens with one attached hydrogen (secondary N) is 1. The van der Waals surface area contributed by atoms with Crippen LogP contribution in [-0.4, -0.2) is 45.9 Å². The highest BCUT2D eigenvalue weighted by molar-refractivity contribution is 6.33. The third-order valence-electron chi connectivity index (χ3n) is 5.12. The van der Waals surface area contributed by atoms with Crippen molar-refractivity contribution in [2.75, 3.05) is 19.6 Å². The van der Waals surface area contributed by atoms with Crippen LogP contribution in [0.5, 0.6) is 0 Å². The van der Waals surface area contributed by atoms with Crippen LogP contribution in [-0.2, 0) is 17.8 Å². The van der Waals surface area contributed by atoms with Crippen molar-refractivity contribution in [1.29, 1.82) is 0 Å². The predicted molar refractivity (Wildman–Crippen MR) is 124 cm³/mol. The Bertz CT molecular complexity index is 1040. The van der Waals surface area contributed by atoms with E-state index in [1.807, 2.05) is 33.7 Å². The van der Waals surface area contributed by atoms with E-state index in [1.54, 1.807) is 24.3 Å². The van der Waals surface area contributed by atoms with Crippen LogP contribution < -0.4 is 5.32 Å². The smallest absolute Gasteiger partial charge is 0.252 e. The number of hydrogen-bond donors (Lipinski definition) is 1. The Morgan fingerprint density at radius 2 is 1.71 bits per heavy atom. The number of carbonyl (C=O) groups is 2. The molecule has 3 rings (SSSR count). The molecule has 0 radical (unpaired) electrons. The summed E-state index contributed by atoms with van der Waals surface area (Å²) in [6, 6.07) is 14.8. The molecular weight excluding hydrogens is 412 g/mol. The summed E-state index contributed by atoms with van der Waals surface area (Å²) in [6.07, 6.45) is 2.37. The summed E-state index contributed by atoms with van der Waals surface area (Å²) >= 11 is 6.11. The van der Waals surface area contributed by atoms with Crippen molar-refractivity contribution in [3.8, 4) is 0 Å². The first-order chi connectivity index (χ1) is 15.0. The first kappa shape index (κ1) is 22.8. The minimum atomic E-state index is -0.221. The van der Waals surface area contributed by atoms with Crippen LogP contribution in [0.3, 0.4) is 0 Å². The third kappa shape index (κ3) is 5.64. The number of hydrogen-bond acceptors (Lipinski definition) is 3. The molecule has 3 aromatic rings. The van der Waals surface area contributed by atoms with Gasteiger partial charge in [0.1, 0.15) is 12.4 Å². The minimum Gasteiger partial charge on any atom is -0.352 e. The van der Waals surface area contributed by atoms with Crippen molar-refractivity contribution in [1.82, 2.24) is 19.8 Å². The Balaban J connectivity index is 1.75. The maximum atomic E-state index is 13.0. The Hall–Kier alpha value is -2.86. The number of benzene rings is 2. The van der Waals surface area contributed by atoms with Gasteiger partial charge in [-0.3, -0.25) is 9.59 Å². The number of imidazole rings is 1. The molecule has 0 bridgehead atoms. The van der Waals surface area contributed by atoms with Crippen LogP contribution in [0.1, 0.15) is 42.9 Å². The van der Waals surface area contributed by atoms with Gasteiger partial charge in [0.25, 0.3) is 5.91 Å². The summed E-state index contributed by atoms with van der Waals surface area (Å²) < 4.78 is 1.97. The van der Waals surface area contributed by atoms with Crippen LogP contribution in [0, 0.1) is 0 Å². The summed E-state index contributed by atoms with van der Waals surface area (Å²) in [7, 11) is 0. The van der Waals surface area contributed by atoms with Gasteiger partial charge in [-0.25, -0.2) is 4.98 Å². The highest BCUT2D eigenvalue weighted by atomic mass is 35.5. The molecule has 1 N–H and O–H groups in total. The van der Waals surface area contributed by atoms with Crippen LogP contribution in [0.25, 0.3) is 11.0 Å². The molecule has 6 nitrogen and oxygen atoms in total. The number of aromatic nitrogens is 2. The molecule has 0 aliphatic carbocycles. The van der Waals surface area contributed by atoms with Crippen molar-refractivity contribution < 1.29 is 9.59 Å². The molecule has 0 spiro atoms. The second-order valence-electron chi connectivity index (χ2n) is 7.47. The number of halogens is 1. The van der Waals surface area contributed by atoms with Crippen molar-refractivity contribution >= 4 is 34.4 Å². The highest BCUT2D eigenvalue weighted by Crippen LogP contribution is 2.18. The SMILES string of the molecule is CCCN(CCC)C(=O)Cn1c(CCNC(=O)c2ccccc2Cl)nc2ccccc21.